The van der Waals surface area contributed by atoms with Crippen LogP contribution in [0.15, 0.2) is 137 Å². The number of hydrogen-bond donors (Lipinski definition) is 0. The number of pyridine rings is 2. The van der Waals surface area contributed by atoms with E-state index in [1.807, 2.05) is 79.7 Å². The maximum absolute atomic E-state index is 14.5. The molecule has 0 saturated carbocycles. The second kappa shape index (κ2) is 9.20. The maximum Gasteiger partial charge on any atom is 0.264 e. The molecule has 0 saturated heterocycles. The summed E-state index contributed by atoms with van der Waals surface area (Å²) in [5, 5.41) is 14.3. The van der Waals surface area contributed by atoms with Crippen molar-refractivity contribution in [3.05, 3.63) is 154 Å². The predicted molar refractivity (Wildman–Crippen MR) is 210 cm³/mol. The van der Waals surface area contributed by atoms with Crippen LogP contribution in [0.25, 0.3) is 109 Å². The Morgan fingerprint density at radius 2 is 0.961 bits per heavy atom. The molecule has 0 aliphatic heterocycles. The van der Waals surface area contributed by atoms with E-state index in [0.717, 1.165) is 92.3 Å². The van der Waals surface area contributed by atoms with Gasteiger partial charge in [0.1, 0.15) is 11.3 Å². The summed E-state index contributed by atoms with van der Waals surface area (Å²) in [6.45, 7) is 1.95. The van der Waals surface area contributed by atoms with Crippen LogP contribution in [-0.2, 0) is 0 Å². The monoisotopic (exact) mass is 652 g/mol. The van der Waals surface area contributed by atoms with Gasteiger partial charge >= 0.3 is 0 Å². The molecule has 0 spiro atoms. The lowest BCUT2D eigenvalue weighted by Crippen LogP contribution is -2.17. The molecule has 0 fully saturated rings. The number of fused-ring (bicyclic) bond motifs is 9. The molecule has 0 aliphatic carbocycles. The lowest BCUT2D eigenvalue weighted by atomic mass is 9.86. The molecule has 236 valence electrons. The topological polar surface area (TPSA) is 68.7 Å². The van der Waals surface area contributed by atoms with Crippen LogP contribution < -0.4 is 11.1 Å². The Kier molecular flexibility index (Phi) is 4.86. The van der Waals surface area contributed by atoms with Crippen LogP contribution in [0.2, 0.25) is 0 Å². The zero-order chi connectivity index (χ0) is 33.7. The van der Waals surface area contributed by atoms with E-state index in [-0.39, 0.29) is 11.1 Å². The summed E-state index contributed by atoms with van der Waals surface area (Å²) in [7, 11) is 0. The van der Waals surface area contributed by atoms with Gasteiger partial charge in [-0.25, -0.2) is 9.97 Å². The van der Waals surface area contributed by atoms with Gasteiger partial charge in [0.25, 0.3) is 11.1 Å². The number of hydrogen-bond acceptors (Lipinski definition) is 4. The summed E-state index contributed by atoms with van der Waals surface area (Å²) in [5.41, 5.74) is 4.40. The lowest BCUT2D eigenvalue weighted by molar-refractivity contribution is 1.04. The van der Waals surface area contributed by atoms with Crippen LogP contribution in [0.5, 0.6) is 0 Å². The second-order valence-corrected chi connectivity index (χ2v) is 13.7. The van der Waals surface area contributed by atoms with Crippen molar-refractivity contribution in [1.82, 2.24) is 18.8 Å². The highest BCUT2D eigenvalue weighted by Crippen LogP contribution is 2.45. The molecule has 0 unspecified atom stereocenters. The van der Waals surface area contributed by atoms with Crippen molar-refractivity contribution in [3.8, 4) is 0 Å². The third kappa shape index (κ3) is 3.27. The molecule has 12 aromatic rings. The van der Waals surface area contributed by atoms with E-state index < -0.39 is 0 Å². The van der Waals surface area contributed by atoms with Crippen LogP contribution in [0.4, 0.5) is 0 Å². The van der Waals surface area contributed by atoms with Crippen molar-refractivity contribution in [2.24, 2.45) is 0 Å². The minimum atomic E-state index is -0.101. The smallest absolute Gasteiger partial charge is 0.264 e. The van der Waals surface area contributed by atoms with Crippen LogP contribution in [-0.4, -0.2) is 18.8 Å². The molecule has 6 heteroatoms. The summed E-state index contributed by atoms with van der Waals surface area (Å²) in [4.78, 5) is 39.3. The van der Waals surface area contributed by atoms with E-state index in [1.54, 1.807) is 8.80 Å². The summed E-state index contributed by atoms with van der Waals surface area (Å²) >= 11 is 0. The minimum Gasteiger partial charge on any atom is -0.268 e. The number of aromatic nitrogens is 4. The largest absolute Gasteiger partial charge is 0.268 e. The van der Waals surface area contributed by atoms with Crippen molar-refractivity contribution in [3.63, 3.8) is 0 Å². The van der Waals surface area contributed by atoms with E-state index in [4.69, 9.17) is 9.97 Å². The van der Waals surface area contributed by atoms with Gasteiger partial charge in [0.2, 0.25) is 0 Å². The molecule has 0 N–H and O–H groups in total. The number of aryl methyl sites for hydroxylation is 1. The highest BCUT2D eigenvalue weighted by molar-refractivity contribution is 6.40. The maximum atomic E-state index is 14.5. The van der Waals surface area contributed by atoms with Crippen molar-refractivity contribution < 1.29 is 0 Å². The zero-order valence-corrected chi connectivity index (χ0v) is 27.2. The Morgan fingerprint density at radius 3 is 1.63 bits per heavy atom. The van der Waals surface area contributed by atoms with E-state index in [9.17, 15) is 9.59 Å². The fraction of sp³-hybridized carbons (Fsp3) is 0.0222. The average Bonchev–Trinajstić information content (AvgIpc) is 3.15. The van der Waals surface area contributed by atoms with Gasteiger partial charge in [0.05, 0.1) is 16.6 Å². The van der Waals surface area contributed by atoms with Gasteiger partial charge in [-0.1, -0.05) is 72.8 Å². The molecule has 2 bridgehead atoms. The molecule has 4 aromatic heterocycles. The highest BCUT2D eigenvalue weighted by atomic mass is 16.1. The molecule has 6 nitrogen and oxygen atoms in total. The van der Waals surface area contributed by atoms with Crippen molar-refractivity contribution in [1.29, 1.82) is 0 Å². The zero-order valence-electron chi connectivity index (χ0n) is 27.2. The molecule has 12 rings (SSSR count). The van der Waals surface area contributed by atoms with Gasteiger partial charge in [-0.05, 0) is 105 Å². The summed E-state index contributed by atoms with van der Waals surface area (Å²) in [6.07, 6.45) is 0. The first-order chi connectivity index (χ1) is 25.0. The molecule has 51 heavy (non-hydrogen) atoms. The van der Waals surface area contributed by atoms with E-state index >= 15 is 0 Å². The molecule has 8 aromatic carbocycles. The van der Waals surface area contributed by atoms with Crippen LogP contribution in [0.1, 0.15) is 5.69 Å². The van der Waals surface area contributed by atoms with Gasteiger partial charge in [-0.15, -0.1) is 0 Å². The van der Waals surface area contributed by atoms with Gasteiger partial charge in [-0.2, -0.15) is 0 Å². The average molecular weight is 653 g/mol. The molecule has 0 amide bonds. The fourth-order valence-electron chi connectivity index (χ4n) is 8.95. The van der Waals surface area contributed by atoms with Gasteiger partial charge in [-0.3, -0.25) is 18.4 Å². The number of nitrogens with zero attached hydrogens (tertiary/aromatic N) is 4. The Balaban J connectivity index is 1.30. The summed E-state index contributed by atoms with van der Waals surface area (Å²) in [6, 6.07) is 42.9. The molecule has 4 heterocycles. The van der Waals surface area contributed by atoms with Crippen LogP contribution >= 0.6 is 0 Å². The number of benzene rings is 8. The van der Waals surface area contributed by atoms with Crippen LogP contribution in [0.3, 0.4) is 0 Å². The van der Waals surface area contributed by atoms with Crippen molar-refractivity contribution >= 4 is 109 Å². The minimum absolute atomic E-state index is 0.0787. The SMILES string of the molecule is Cc1cccc2cccc(c2)nc2c3ccc4c5ccc6c(=O)n7c8cccc9cccc(nc7c7ccc(c%10ccc(c(=O)n12)c3c4%10)c5c67)c98. The third-order valence-corrected chi connectivity index (χ3v) is 11.1. The first-order valence-corrected chi connectivity index (χ1v) is 17.1. The quantitative estimate of drug-likeness (QED) is 0.121. The molecule has 0 atom stereocenters. The van der Waals surface area contributed by atoms with Gasteiger partial charge in [0.15, 0.2) is 0 Å². The van der Waals surface area contributed by atoms with Crippen molar-refractivity contribution in [2.75, 3.05) is 0 Å². The lowest BCUT2D eigenvalue weighted by Gasteiger charge is -2.19. The van der Waals surface area contributed by atoms with E-state index in [1.165, 1.54) is 0 Å². The second-order valence-electron chi connectivity index (χ2n) is 13.7. The molecular weight excluding hydrogens is 629 g/mol. The van der Waals surface area contributed by atoms with E-state index in [0.29, 0.717) is 22.1 Å². The van der Waals surface area contributed by atoms with E-state index in [2.05, 4.69) is 54.6 Å². The Labute approximate surface area is 287 Å². The van der Waals surface area contributed by atoms with Gasteiger partial charge in [0, 0.05) is 43.4 Å². The summed E-state index contributed by atoms with van der Waals surface area (Å²) < 4.78 is 3.53. The standard InChI is InChI=1S/C45H24N4O2/c1-23-6-2-7-24-8-3-11-26(22-24)46-42-31-18-14-27-30-17-21-34-41-32(43-47-35-12-4-9-25-10-5-13-36(37(25)35)49(43)45(34)51)19-15-28(39(30)41)29-16-20-33(40(31)38(27)29)44(50)48(23)42/h2-22H,1H3. The van der Waals surface area contributed by atoms with Crippen molar-refractivity contribution in [2.45, 2.75) is 6.92 Å². The number of rotatable bonds is 0. The molecule has 0 radical (unpaired) electrons. The molecular formula is C45H24N4O2. The summed E-state index contributed by atoms with van der Waals surface area (Å²) in [5.74, 6) is 0. The Morgan fingerprint density at radius 1 is 0.451 bits per heavy atom. The fourth-order valence-corrected chi connectivity index (χ4v) is 8.95. The predicted octanol–water partition coefficient (Wildman–Crippen LogP) is 9.83. The van der Waals surface area contributed by atoms with Crippen LogP contribution in [0, 0.1) is 6.92 Å². The first kappa shape index (κ1) is 27.0. The third-order valence-electron chi connectivity index (χ3n) is 11.1. The Hall–Kier alpha value is -6.92. The highest BCUT2D eigenvalue weighted by Gasteiger charge is 2.23. The normalized spacial score (nSPS) is 12.6. The first-order valence-electron chi connectivity index (χ1n) is 17.1. The Bertz CT molecular complexity index is 3690. The molecule has 0 aliphatic rings. The van der Waals surface area contributed by atoms with Gasteiger partial charge < -0.3 is 0 Å².